The fourth-order valence-electron chi connectivity index (χ4n) is 3.06. The summed E-state index contributed by atoms with van der Waals surface area (Å²) in [5.41, 5.74) is 5.17. The predicted molar refractivity (Wildman–Crippen MR) is 112 cm³/mol. The molecule has 1 fully saturated rings. The van der Waals surface area contributed by atoms with Crippen LogP contribution in [-0.4, -0.2) is 27.1 Å². The van der Waals surface area contributed by atoms with Crippen LogP contribution in [-0.2, 0) is 0 Å². The third-order valence-electron chi connectivity index (χ3n) is 4.40. The lowest BCUT2D eigenvalue weighted by molar-refractivity contribution is 0.412. The van der Waals surface area contributed by atoms with E-state index < -0.39 is 0 Å². The standard InChI is InChI=1S/C18H21Cl2N5S/c1-12-16(11-21-23-18(26)22-14-7-3-2-4-8-14)17(20)25(24-12)15-9-5-6-13(19)10-15/h5-6,9-11,14H,2-4,7-8H2,1H3,(H2,22,23,26)/b21-11-. The first kappa shape index (κ1) is 19.1. The number of aryl methyl sites for hydroxylation is 1. The quantitative estimate of drug-likeness (QED) is 0.439. The maximum atomic E-state index is 6.48. The van der Waals surface area contributed by atoms with Crippen molar-refractivity contribution in [2.24, 2.45) is 5.10 Å². The van der Waals surface area contributed by atoms with E-state index in [0.717, 1.165) is 29.8 Å². The summed E-state index contributed by atoms with van der Waals surface area (Å²) in [7, 11) is 0. The number of nitrogens with zero attached hydrogens (tertiary/aromatic N) is 3. The fraction of sp³-hybridized carbons (Fsp3) is 0.389. The van der Waals surface area contributed by atoms with E-state index in [1.54, 1.807) is 10.9 Å². The van der Waals surface area contributed by atoms with Crippen molar-refractivity contribution in [2.45, 2.75) is 45.1 Å². The molecule has 138 valence electrons. The third kappa shape index (κ3) is 4.75. The van der Waals surface area contributed by atoms with Crippen molar-refractivity contribution in [1.29, 1.82) is 0 Å². The first-order valence-electron chi connectivity index (χ1n) is 8.65. The Morgan fingerprint density at radius 3 is 2.81 bits per heavy atom. The number of hydrogen-bond donors (Lipinski definition) is 2. The molecule has 26 heavy (non-hydrogen) atoms. The molecule has 3 rings (SSSR count). The maximum absolute atomic E-state index is 6.48. The summed E-state index contributed by atoms with van der Waals surface area (Å²) in [4.78, 5) is 0. The lowest BCUT2D eigenvalue weighted by atomic mass is 9.96. The zero-order valence-electron chi connectivity index (χ0n) is 14.5. The van der Waals surface area contributed by atoms with Gasteiger partial charge in [0, 0.05) is 11.1 Å². The first-order chi connectivity index (χ1) is 12.5. The maximum Gasteiger partial charge on any atom is 0.187 e. The van der Waals surface area contributed by atoms with Crippen molar-refractivity contribution in [1.82, 2.24) is 20.5 Å². The van der Waals surface area contributed by atoms with Gasteiger partial charge in [0.2, 0.25) is 0 Å². The average molecular weight is 410 g/mol. The minimum atomic E-state index is 0.440. The van der Waals surface area contributed by atoms with Crippen LogP contribution in [0.5, 0.6) is 0 Å². The molecule has 8 heteroatoms. The summed E-state index contributed by atoms with van der Waals surface area (Å²) in [5.74, 6) is 0. The number of rotatable bonds is 4. The number of benzene rings is 1. The zero-order valence-corrected chi connectivity index (χ0v) is 16.8. The SMILES string of the molecule is Cc1nn(-c2cccc(Cl)c2)c(Cl)c1/C=N\NC(=S)NC1CCCCC1. The molecule has 0 spiro atoms. The molecule has 0 radical (unpaired) electrons. The van der Waals surface area contributed by atoms with E-state index >= 15 is 0 Å². The van der Waals surface area contributed by atoms with Crippen molar-refractivity contribution in [3.8, 4) is 5.69 Å². The van der Waals surface area contributed by atoms with Crippen LogP contribution in [0.15, 0.2) is 29.4 Å². The second-order valence-corrected chi connectivity index (χ2v) is 7.56. The number of thiocarbonyl (C=S) groups is 1. The Balaban J connectivity index is 1.66. The van der Waals surface area contributed by atoms with E-state index in [4.69, 9.17) is 35.4 Å². The molecule has 2 N–H and O–H groups in total. The highest BCUT2D eigenvalue weighted by atomic mass is 35.5. The van der Waals surface area contributed by atoms with Crippen molar-refractivity contribution in [2.75, 3.05) is 0 Å². The average Bonchev–Trinajstić information content (AvgIpc) is 2.91. The van der Waals surface area contributed by atoms with Crippen LogP contribution >= 0.6 is 35.4 Å². The zero-order chi connectivity index (χ0) is 18.5. The summed E-state index contributed by atoms with van der Waals surface area (Å²) in [6, 6.07) is 7.81. The van der Waals surface area contributed by atoms with E-state index in [1.165, 1.54) is 19.3 Å². The Morgan fingerprint density at radius 2 is 2.08 bits per heavy atom. The molecule has 0 aliphatic heterocycles. The van der Waals surface area contributed by atoms with Gasteiger partial charge in [0.05, 0.1) is 23.2 Å². The third-order valence-corrected chi connectivity index (χ3v) is 5.21. The number of halogens is 2. The smallest absolute Gasteiger partial charge is 0.187 e. The first-order valence-corrected chi connectivity index (χ1v) is 9.81. The van der Waals surface area contributed by atoms with Gasteiger partial charge in [-0.25, -0.2) is 4.68 Å². The largest absolute Gasteiger partial charge is 0.359 e. The molecule has 1 aliphatic rings. The molecule has 5 nitrogen and oxygen atoms in total. The summed E-state index contributed by atoms with van der Waals surface area (Å²) < 4.78 is 1.64. The van der Waals surface area contributed by atoms with Crippen LogP contribution in [0.2, 0.25) is 10.2 Å². The van der Waals surface area contributed by atoms with Crippen molar-refractivity contribution in [3.63, 3.8) is 0 Å². The highest BCUT2D eigenvalue weighted by Crippen LogP contribution is 2.23. The van der Waals surface area contributed by atoms with Gasteiger partial charge < -0.3 is 5.32 Å². The molecular weight excluding hydrogens is 389 g/mol. The van der Waals surface area contributed by atoms with Crippen LogP contribution < -0.4 is 10.7 Å². The van der Waals surface area contributed by atoms with Gasteiger partial charge in [-0.1, -0.05) is 48.5 Å². The van der Waals surface area contributed by atoms with Gasteiger partial charge in [0.15, 0.2) is 5.11 Å². The van der Waals surface area contributed by atoms with Crippen molar-refractivity contribution >= 4 is 46.7 Å². The van der Waals surface area contributed by atoms with Crippen molar-refractivity contribution in [3.05, 3.63) is 45.7 Å². The fourth-order valence-corrected chi connectivity index (χ4v) is 3.78. The highest BCUT2D eigenvalue weighted by Gasteiger charge is 2.15. The van der Waals surface area contributed by atoms with Gasteiger partial charge in [-0.2, -0.15) is 10.2 Å². The number of aromatic nitrogens is 2. The molecular formula is C18H21Cl2N5S. The molecule has 0 amide bonds. The molecule has 0 atom stereocenters. The minimum Gasteiger partial charge on any atom is -0.359 e. The molecule has 1 heterocycles. The number of hydrazone groups is 1. The summed E-state index contributed by atoms with van der Waals surface area (Å²) >= 11 is 17.8. The highest BCUT2D eigenvalue weighted by molar-refractivity contribution is 7.80. The van der Waals surface area contributed by atoms with Gasteiger partial charge >= 0.3 is 0 Å². The topological polar surface area (TPSA) is 54.2 Å². The van der Waals surface area contributed by atoms with Crippen LogP contribution in [0.4, 0.5) is 0 Å². The molecule has 1 saturated carbocycles. The molecule has 1 aromatic carbocycles. The normalized spacial score (nSPS) is 15.3. The molecule has 1 aromatic heterocycles. The molecule has 0 unspecified atom stereocenters. The Labute approximate surface area is 168 Å². The van der Waals surface area contributed by atoms with Gasteiger partial charge in [-0.05, 0) is 50.2 Å². The molecule has 0 bridgehead atoms. The monoisotopic (exact) mass is 409 g/mol. The van der Waals surface area contributed by atoms with Gasteiger partial charge in [0.25, 0.3) is 0 Å². The van der Waals surface area contributed by atoms with Crippen LogP contribution in [0, 0.1) is 6.92 Å². The second-order valence-electron chi connectivity index (χ2n) is 6.36. The Morgan fingerprint density at radius 1 is 1.31 bits per heavy atom. The Hall–Kier alpha value is -1.63. The molecule has 2 aromatic rings. The van der Waals surface area contributed by atoms with E-state index in [2.05, 4.69) is 20.9 Å². The second kappa shape index (κ2) is 8.84. The van der Waals surface area contributed by atoms with Crippen LogP contribution in [0.25, 0.3) is 5.69 Å². The lowest BCUT2D eigenvalue weighted by Crippen LogP contribution is -2.40. The van der Waals surface area contributed by atoms with E-state index in [9.17, 15) is 0 Å². The summed E-state index contributed by atoms with van der Waals surface area (Å²) in [6.45, 7) is 1.88. The van der Waals surface area contributed by atoms with E-state index in [1.807, 2.05) is 31.2 Å². The van der Waals surface area contributed by atoms with Gasteiger partial charge in [-0.3, -0.25) is 5.43 Å². The van der Waals surface area contributed by atoms with Gasteiger partial charge in [0.1, 0.15) is 5.15 Å². The van der Waals surface area contributed by atoms with Gasteiger partial charge in [-0.15, -0.1) is 0 Å². The van der Waals surface area contributed by atoms with Crippen LogP contribution in [0.1, 0.15) is 43.4 Å². The molecule has 0 saturated heterocycles. The summed E-state index contributed by atoms with van der Waals surface area (Å²) in [6.07, 6.45) is 7.76. The number of nitrogens with one attached hydrogen (secondary N) is 2. The molecule has 1 aliphatic carbocycles. The summed E-state index contributed by atoms with van der Waals surface area (Å²) in [5, 5.41) is 13.6. The van der Waals surface area contributed by atoms with Crippen molar-refractivity contribution < 1.29 is 0 Å². The van der Waals surface area contributed by atoms with E-state index in [0.29, 0.717) is 21.3 Å². The predicted octanol–water partition coefficient (Wildman–Crippen LogP) is 4.62. The van der Waals surface area contributed by atoms with Crippen LogP contribution in [0.3, 0.4) is 0 Å². The lowest BCUT2D eigenvalue weighted by Gasteiger charge is -2.23. The van der Waals surface area contributed by atoms with E-state index in [-0.39, 0.29) is 0 Å². The Kier molecular flexibility index (Phi) is 6.51. The Bertz CT molecular complexity index is 812. The minimum absolute atomic E-state index is 0.440. The number of hydrogen-bond acceptors (Lipinski definition) is 3.